The van der Waals surface area contributed by atoms with Crippen LogP contribution in [0.15, 0.2) is 21.5 Å². The molecule has 1 amide bonds. The Morgan fingerprint density at radius 3 is 2.59 bits per heavy atom. The summed E-state index contributed by atoms with van der Waals surface area (Å²) in [6.45, 7) is 4.68. The summed E-state index contributed by atoms with van der Waals surface area (Å²) in [5.41, 5.74) is 2.32. The molecule has 0 radical (unpaired) electrons. The van der Waals surface area contributed by atoms with Crippen LogP contribution >= 0.6 is 27.7 Å². The summed E-state index contributed by atoms with van der Waals surface area (Å²) >= 11 is 5.04. The maximum absolute atomic E-state index is 11.8. The van der Waals surface area contributed by atoms with E-state index in [0.717, 1.165) is 33.3 Å². The van der Waals surface area contributed by atoms with Crippen LogP contribution < -0.4 is 5.32 Å². The molecule has 6 heteroatoms. The normalized spacial score (nSPS) is 10.5. The Hall–Kier alpha value is -1.01. The number of thioether (sulfide) groups is 1. The van der Waals surface area contributed by atoms with Crippen molar-refractivity contribution in [3.63, 3.8) is 0 Å². The van der Waals surface area contributed by atoms with Crippen molar-refractivity contribution in [1.82, 2.24) is 5.32 Å². The lowest BCUT2D eigenvalue weighted by Crippen LogP contribution is -2.26. The molecule has 22 heavy (non-hydrogen) atoms. The second-order valence-electron chi connectivity index (χ2n) is 5.21. The van der Waals surface area contributed by atoms with Gasteiger partial charge in [0.2, 0.25) is 5.91 Å². The minimum Gasteiger partial charge on any atom is -0.481 e. The predicted molar refractivity (Wildman–Crippen MR) is 93.5 cm³/mol. The third-order valence-electron chi connectivity index (χ3n) is 3.20. The quantitative estimate of drug-likeness (QED) is 0.497. The van der Waals surface area contributed by atoms with E-state index in [9.17, 15) is 9.59 Å². The number of hydrogen-bond donors (Lipinski definition) is 2. The van der Waals surface area contributed by atoms with Gasteiger partial charge in [-0.3, -0.25) is 9.59 Å². The van der Waals surface area contributed by atoms with Crippen molar-refractivity contribution in [1.29, 1.82) is 0 Å². The molecule has 0 aromatic heterocycles. The fraction of sp³-hybridized carbons (Fsp3) is 0.500. The lowest BCUT2D eigenvalue weighted by Gasteiger charge is -2.09. The van der Waals surface area contributed by atoms with Crippen molar-refractivity contribution in [2.24, 2.45) is 0 Å². The highest BCUT2D eigenvalue weighted by Gasteiger charge is 2.07. The van der Waals surface area contributed by atoms with Crippen LogP contribution in [0.1, 0.15) is 36.8 Å². The minimum atomic E-state index is -0.763. The molecule has 2 N–H and O–H groups in total. The molecule has 1 aromatic carbocycles. The Kier molecular flexibility index (Phi) is 8.56. The number of benzene rings is 1. The van der Waals surface area contributed by atoms with Crippen molar-refractivity contribution < 1.29 is 14.7 Å². The Balaban J connectivity index is 2.23. The van der Waals surface area contributed by atoms with Crippen LogP contribution in [-0.2, 0) is 9.59 Å². The van der Waals surface area contributed by atoms with E-state index in [2.05, 4.69) is 33.4 Å². The Bertz CT molecular complexity index is 534. The van der Waals surface area contributed by atoms with Gasteiger partial charge in [0.25, 0.3) is 0 Å². The number of carbonyl (C=O) groups is 2. The molecule has 0 aliphatic heterocycles. The van der Waals surface area contributed by atoms with Crippen molar-refractivity contribution in [2.45, 2.75) is 44.4 Å². The van der Waals surface area contributed by atoms with Gasteiger partial charge in [0, 0.05) is 22.3 Å². The molecule has 0 spiro atoms. The lowest BCUT2D eigenvalue weighted by molar-refractivity contribution is -0.137. The topological polar surface area (TPSA) is 66.4 Å². The SMILES string of the molecule is Cc1cc(SCC(=O)NCCCCCC(=O)O)c(C)cc1Br. The molecule has 0 fully saturated rings. The number of carbonyl (C=O) groups excluding carboxylic acids is 1. The fourth-order valence-electron chi connectivity index (χ4n) is 1.91. The molecular formula is C16H22BrNO3S. The number of halogens is 1. The van der Waals surface area contributed by atoms with Gasteiger partial charge >= 0.3 is 5.97 Å². The van der Waals surface area contributed by atoms with Crippen LogP contribution in [0.2, 0.25) is 0 Å². The van der Waals surface area contributed by atoms with E-state index >= 15 is 0 Å². The number of aryl methyl sites for hydroxylation is 2. The molecule has 122 valence electrons. The number of amides is 1. The molecule has 0 aliphatic carbocycles. The number of aliphatic carboxylic acids is 1. The van der Waals surface area contributed by atoms with Gasteiger partial charge < -0.3 is 10.4 Å². The third kappa shape index (κ3) is 7.31. The average molecular weight is 388 g/mol. The Morgan fingerprint density at radius 2 is 1.91 bits per heavy atom. The average Bonchev–Trinajstić information content (AvgIpc) is 2.44. The van der Waals surface area contributed by atoms with Crippen LogP contribution in [0.3, 0.4) is 0 Å². The fourth-order valence-corrected chi connectivity index (χ4v) is 3.30. The molecule has 1 aromatic rings. The summed E-state index contributed by atoms with van der Waals surface area (Å²) in [6, 6.07) is 4.15. The highest BCUT2D eigenvalue weighted by atomic mass is 79.9. The van der Waals surface area contributed by atoms with Gasteiger partial charge in [0.1, 0.15) is 0 Å². The Labute approximate surface area is 144 Å². The first-order valence-corrected chi connectivity index (χ1v) is 9.06. The van der Waals surface area contributed by atoms with Gasteiger partial charge in [-0.05, 0) is 49.9 Å². The monoisotopic (exact) mass is 387 g/mol. The molecule has 0 heterocycles. The van der Waals surface area contributed by atoms with E-state index in [1.54, 1.807) is 0 Å². The summed E-state index contributed by atoms with van der Waals surface area (Å²) in [5.74, 6) is -0.347. The van der Waals surface area contributed by atoms with Gasteiger partial charge in [-0.2, -0.15) is 0 Å². The van der Waals surface area contributed by atoms with Crippen LogP contribution in [0.5, 0.6) is 0 Å². The first-order valence-electron chi connectivity index (χ1n) is 7.28. The standard InChI is InChI=1S/C16H22BrNO3S/c1-11-9-14(12(2)8-13(11)17)22-10-15(19)18-7-5-3-4-6-16(20)21/h8-9H,3-7,10H2,1-2H3,(H,18,19)(H,20,21). The van der Waals surface area contributed by atoms with Crippen molar-refractivity contribution in [2.75, 3.05) is 12.3 Å². The highest BCUT2D eigenvalue weighted by molar-refractivity contribution is 9.10. The molecule has 0 saturated heterocycles. The highest BCUT2D eigenvalue weighted by Crippen LogP contribution is 2.28. The molecule has 0 unspecified atom stereocenters. The third-order valence-corrected chi connectivity index (χ3v) is 5.22. The van der Waals surface area contributed by atoms with Crippen molar-refractivity contribution >= 4 is 39.6 Å². The number of carboxylic acid groups (broad SMARTS) is 1. The van der Waals surface area contributed by atoms with Crippen molar-refractivity contribution in [3.05, 3.63) is 27.7 Å². The molecule has 0 atom stereocenters. The molecule has 4 nitrogen and oxygen atoms in total. The van der Waals surface area contributed by atoms with E-state index in [1.165, 1.54) is 11.8 Å². The maximum Gasteiger partial charge on any atom is 0.303 e. The van der Waals surface area contributed by atoms with Crippen LogP contribution in [0, 0.1) is 13.8 Å². The van der Waals surface area contributed by atoms with E-state index in [1.807, 2.05) is 13.8 Å². The molecule has 1 rings (SSSR count). The molecule has 0 saturated carbocycles. The van der Waals surface area contributed by atoms with Gasteiger partial charge in [-0.15, -0.1) is 11.8 Å². The summed E-state index contributed by atoms with van der Waals surface area (Å²) in [6.07, 6.45) is 2.51. The smallest absolute Gasteiger partial charge is 0.303 e. The number of nitrogens with one attached hydrogen (secondary N) is 1. The molecular weight excluding hydrogens is 366 g/mol. The summed E-state index contributed by atoms with van der Waals surface area (Å²) in [7, 11) is 0. The van der Waals surface area contributed by atoms with Gasteiger partial charge in [-0.1, -0.05) is 22.4 Å². The zero-order valence-electron chi connectivity index (χ0n) is 12.9. The number of rotatable bonds is 9. The molecule has 0 aliphatic rings. The second-order valence-corrected chi connectivity index (χ2v) is 7.08. The number of hydrogen-bond acceptors (Lipinski definition) is 3. The van der Waals surface area contributed by atoms with E-state index < -0.39 is 5.97 Å². The van der Waals surface area contributed by atoms with Gasteiger partial charge in [0.05, 0.1) is 5.75 Å². The van der Waals surface area contributed by atoms with E-state index in [4.69, 9.17) is 5.11 Å². The van der Waals surface area contributed by atoms with Crippen LogP contribution in [-0.4, -0.2) is 29.3 Å². The van der Waals surface area contributed by atoms with E-state index in [-0.39, 0.29) is 12.3 Å². The first kappa shape index (κ1) is 19.0. The number of carboxylic acids is 1. The predicted octanol–water partition coefficient (Wildman–Crippen LogP) is 3.92. The van der Waals surface area contributed by atoms with Gasteiger partial charge in [0.15, 0.2) is 0 Å². The number of unbranched alkanes of at least 4 members (excludes halogenated alkanes) is 2. The Morgan fingerprint density at radius 1 is 1.18 bits per heavy atom. The first-order chi connectivity index (χ1) is 10.4. The van der Waals surface area contributed by atoms with Crippen molar-refractivity contribution in [3.8, 4) is 0 Å². The summed E-state index contributed by atoms with van der Waals surface area (Å²) in [4.78, 5) is 23.3. The van der Waals surface area contributed by atoms with E-state index in [0.29, 0.717) is 18.7 Å². The lowest BCUT2D eigenvalue weighted by atomic mass is 10.2. The minimum absolute atomic E-state index is 0.0169. The van der Waals surface area contributed by atoms with Crippen LogP contribution in [0.25, 0.3) is 0 Å². The molecule has 0 bridgehead atoms. The van der Waals surface area contributed by atoms with Gasteiger partial charge in [-0.25, -0.2) is 0 Å². The largest absolute Gasteiger partial charge is 0.481 e. The van der Waals surface area contributed by atoms with Crippen LogP contribution in [0.4, 0.5) is 0 Å². The summed E-state index contributed by atoms with van der Waals surface area (Å²) in [5, 5.41) is 11.4. The summed E-state index contributed by atoms with van der Waals surface area (Å²) < 4.78 is 1.08. The second kappa shape index (κ2) is 9.90. The maximum atomic E-state index is 11.8. The zero-order valence-corrected chi connectivity index (χ0v) is 15.3. The zero-order chi connectivity index (χ0) is 16.5.